The minimum absolute atomic E-state index is 0.0525. The van der Waals surface area contributed by atoms with E-state index < -0.39 is 0 Å². The van der Waals surface area contributed by atoms with E-state index in [1.807, 2.05) is 34.6 Å². The monoisotopic (exact) mass is 264 g/mol. The van der Waals surface area contributed by atoms with Gasteiger partial charge in [0.1, 0.15) is 5.75 Å². The molecular weight excluding hydrogens is 240 g/mol. The molecule has 0 aliphatic rings. The lowest BCUT2D eigenvalue weighted by Crippen LogP contribution is -2.39. The Balaban J connectivity index is 2.75. The first-order valence-corrected chi connectivity index (χ1v) is 6.50. The van der Waals surface area contributed by atoms with Gasteiger partial charge in [-0.05, 0) is 34.6 Å². The molecular formula is C15H24N2O2. The number of methoxy groups -OCH3 is 1. The van der Waals surface area contributed by atoms with Gasteiger partial charge in [-0.3, -0.25) is 9.78 Å². The van der Waals surface area contributed by atoms with Crippen LogP contribution in [0.15, 0.2) is 6.20 Å². The standard InChI is InChI=1S/C15H24N2O2/c1-10-8-16-13(11(2)14(10)19-6)7-12(18)9-17-15(3,4)5/h8,17H,7,9H2,1-6H3. The maximum Gasteiger partial charge on any atom is 0.152 e. The van der Waals surface area contributed by atoms with E-state index in [1.54, 1.807) is 13.3 Å². The molecule has 0 bridgehead atoms. The van der Waals surface area contributed by atoms with Crippen LogP contribution in [0.5, 0.6) is 5.75 Å². The Kier molecular flexibility index (Phi) is 5.06. The number of nitrogens with one attached hydrogen (secondary N) is 1. The second-order valence-corrected chi connectivity index (χ2v) is 5.87. The van der Waals surface area contributed by atoms with Crippen molar-refractivity contribution in [1.82, 2.24) is 10.3 Å². The highest BCUT2D eigenvalue weighted by Crippen LogP contribution is 2.24. The molecule has 0 fully saturated rings. The number of nitrogens with zero attached hydrogens (tertiary/aromatic N) is 1. The number of hydrogen-bond acceptors (Lipinski definition) is 4. The van der Waals surface area contributed by atoms with E-state index in [-0.39, 0.29) is 11.3 Å². The summed E-state index contributed by atoms with van der Waals surface area (Å²) in [5.41, 5.74) is 2.68. The van der Waals surface area contributed by atoms with Crippen LogP contribution in [0, 0.1) is 13.8 Å². The highest BCUT2D eigenvalue weighted by Gasteiger charge is 2.15. The number of ether oxygens (including phenoxy) is 1. The lowest BCUT2D eigenvalue weighted by Gasteiger charge is -2.20. The smallest absolute Gasteiger partial charge is 0.152 e. The molecule has 0 aliphatic heterocycles. The van der Waals surface area contributed by atoms with Crippen molar-refractivity contribution in [3.8, 4) is 5.75 Å². The van der Waals surface area contributed by atoms with Crippen LogP contribution in [0.1, 0.15) is 37.6 Å². The second kappa shape index (κ2) is 6.15. The van der Waals surface area contributed by atoms with Gasteiger partial charge in [0.25, 0.3) is 0 Å². The molecule has 1 N–H and O–H groups in total. The predicted molar refractivity (Wildman–Crippen MR) is 76.7 cm³/mol. The van der Waals surface area contributed by atoms with Crippen molar-refractivity contribution < 1.29 is 9.53 Å². The summed E-state index contributed by atoms with van der Waals surface area (Å²) in [5, 5.41) is 3.19. The minimum atomic E-state index is -0.0525. The van der Waals surface area contributed by atoms with Crippen LogP contribution >= 0.6 is 0 Å². The normalized spacial score (nSPS) is 11.5. The Morgan fingerprint density at radius 1 is 1.37 bits per heavy atom. The van der Waals surface area contributed by atoms with Crippen LogP contribution in [0.4, 0.5) is 0 Å². The van der Waals surface area contributed by atoms with Gasteiger partial charge in [-0.1, -0.05) is 0 Å². The van der Waals surface area contributed by atoms with Crippen LogP contribution in [0.3, 0.4) is 0 Å². The predicted octanol–water partition coefficient (Wildman–Crippen LogP) is 2.21. The number of ketones is 1. The molecule has 1 heterocycles. The van der Waals surface area contributed by atoms with Gasteiger partial charge in [-0.25, -0.2) is 0 Å². The van der Waals surface area contributed by atoms with Crippen molar-refractivity contribution in [2.75, 3.05) is 13.7 Å². The average molecular weight is 264 g/mol. The topological polar surface area (TPSA) is 51.2 Å². The van der Waals surface area contributed by atoms with Gasteiger partial charge >= 0.3 is 0 Å². The molecule has 4 nitrogen and oxygen atoms in total. The third-order valence-electron chi connectivity index (χ3n) is 2.93. The van der Waals surface area contributed by atoms with Crippen molar-refractivity contribution in [3.05, 3.63) is 23.0 Å². The average Bonchev–Trinajstić information content (AvgIpc) is 2.30. The Hall–Kier alpha value is -1.42. The van der Waals surface area contributed by atoms with Crippen LogP contribution in [-0.4, -0.2) is 30.0 Å². The fourth-order valence-corrected chi connectivity index (χ4v) is 1.86. The number of aromatic nitrogens is 1. The number of carbonyl (C=O) groups excluding carboxylic acids is 1. The molecule has 0 atom stereocenters. The molecule has 0 aliphatic carbocycles. The van der Waals surface area contributed by atoms with Crippen molar-refractivity contribution in [2.45, 2.75) is 46.6 Å². The first-order valence-electron chi connectivity index (χ1n) is 6.50. The van der Waals surface area contributed by atoms with Gasteiger partial charge in [0.05, 0.1) is 25.8 Å². The van der Waals surface area contributed by atoms with Crippen molar-refractivity contribution in [1.29, 1.82) is 0 Å². The summed E-state index contributed by atoms with van der Waals surface area (Å²) < 4.78 is 5.35. The van der Waals surface area contributed by atoms with E-state index in [0.29, 0.717) is 13.0 Å². The number of Topliss-reactive ketones (excluding diaryl/α,β-unsaturated/α-hetero) is 1. The van der Waals surface area contributed by atoms with Crippen molar-refractivity contribution in [2.24, 2.45) is 0 Å². The van der Waals surface area contributed by atoms with Gasteiger partial charge in [-0.15, -0.1) is 0 Å². The molecule has 0 spiro atoms. The van der Waals surface area contributed by atoms with Gasteiger partial charge in [0.2, 0.25) is 0 Å². The lowest BCUT2D eigenvalue weighted by molar-refractivity contribution is -0.117. The number of pyridine rings is 1. The molecule has 1 aromatic rings. The zero-order valence-corrected chi connectivity index (χ0v) is 12.8. The zero-order valence-electron chi connectivity index (χ0n) is 12.8. The van der Waals surface area contributed by atoms with Gasteiger partial charge in [0, 0.05) is 22.9 Å². The summed E-state index contributed by atoms with van der Waals surface area (Å²) in [7, 11) is 1.64. The molecule has 0 amide bonds. The first kappa shape index (κ1) is 15.6. The number of carbonyl (C=O) groups is 1. The number of rotatable bonds is 5. The number of hydrogen-bond donors (Lipinski definition) is 1. The SMILES string of the molecule is COc1c(C)cnc(CC(=O)CNC(C)(C)C)c1C. The molecule has 4 heteroatoms. The summed E-state index contributed by atoms with van der Waals surface area (Å²) in [6, 6.07) is 0. The Morgan fingerprint density at radius 2 is 2.00 bits per heavy atom. The quantitative estimate of drug-likeness (QED) is 0.886. The lowest BCUT2D eigenvalue weighted by atomic mass is 10.1. The first-order chi connectivity index (χ1) is 8.74. The maximum absolute atomic E-state index is 12.0. The summed E-state index contributed by atoms with van der Waals surface area (Å²) in [6.45, 7) is 10.4. The maximum atomic E-state index is 12.0. The van der Waals surface area contributed by atoms with Crippen molar-refractivity contribution in [3.63, 3.8) is 0 Å². The third-order valence-corrected chi connectivity index (χ3v) is 2.93. The fraction of sp³-hybridized carbons (Fsp3) is 0.600. The second-order valence-electron chi connectivity index (χ2n) is 5.87. The van der Waals surface area contributed by atoms with Crippen LogP contribution in [0.2, 0.25) is 0 Å². The van der Waals surface area contributed by atoms with Crippen LogP contribution < -0.4 is 10.1 Å². The van der Waals surface area contributed by atoms with E-state index in [1.165, 1.54) is 0 Å². The Labute approximate surface area is 115 Å². The molecule has 0 saturated heterocycles. The molecule has 0 aromatic carbocycles. The van der Waals surface area contributed by atoms with E-state index in [0.717, 1.165) is 22.6 Å². The molecule has 0 saturated carbocycles. The molecule has 19 heavy (non-hydrogen) atoms. The van der Waals surface area contributed by atoms with Crippen LogP contribution in [0.25, 0.3) is 0 Å². The summed E-state index contributed by atoms with van der Waals surface area (Å²) in [6.07, 6.45) is 2.09. The van der Waals surface area contributed by atoms with E-state index in [2.05, 4.69) is 10.3 Å². The van der Waals surface area contributed by atoms with Crippen molar-refractivity contribution >= 4 is 5.78 Å². The zero-order chi connectivity index (χ0) is 14.6. The van der Waals surface area contributed by atoms with Gasteiger partial charge in [0.15, 0.2) is 5.78 Å². The third kappa shape index (κ3) is 4.63. The van der Waals surface area contributed by atoms with Crippen LogP contribution in [-0.2, 0) is 11.2 Å². The highest BCUT2D eigenvalue weighted by molar-refractivity contribution is 5.83. The number of aryl methyl sites for hydroxylation is 1. The summed E-state index contributed by atoms with van der Waals surface area (Å²) in [5.74, 6) is 0.956. The Bertz CT molecular complexity index is 462. The summed E-state index contributed by atoms with van der Waals surface area (Å²) in [4.78, 5) is 16.3. The van der Waals surface area contributed by atoms with E-state index in [9.17, 15) is 4.79 Å². The molecule has 0 unspecified atom stereocenters. The fourth-order valence-electron chi connectivity index (χ4n) is 1.86. The Morgan fingerprint density at radius 3 is 2.53 bits per heavy atom. The molecule has 106 valence electrons. The molecule has 1 aromatic heterocycles. The van der Waals surface area contributed by atoms with E-state index in [4.69, 9.17) is 4.74 Å². The minimum Gasteiger partial charge on any atom is -0.496 e. The molecule has 1 rings (SSSR count). The summed E-state index contributed by atoms with van der Waals surface area (Å²) >= 11 is 0. The largest absolute Gasteiger partial charge is 0.496 e. The van der Waals surface area contributed by atoms with Gasteiger partial charge in [-0.2, -0.15) is 0 Å². The molecule has 0 radical (unpaired) electrons. The highest BCUT2D eigenvalue weighted by atomic mass is 16.5. The van der Waals surface area contributed by atoms with E-state index >= 15 is 0 Å². The van der Waals surface area contributed by atoms with Gasteiger partial charge < -0.3 is 10.1 Å².